The molecular weight excluding hydrogens is 244 g/mol. The molecule has 1 aromatic heterocycles. The molecule has 0 spiro atoms. The van der Waals surface area contributed by atoms with Crippen molar-refractivity contribution in [3.63, 3.8) is 0 Å². The van der Waals surface area contributed by atoms with Gasteiger partial charge in [0, 0.05) is 12.1 Å². The Hall–Kier alpha value is -2.43. The third-order valence-corrected chi connectivity index (χ3v) is 2.74. The van der Waals surface area contributed by atoms with Crippen LogP contribution in [0.5, 0.6) is 17.2 Å². The smallest absolute Gasteiger partial charge is 0.135 e. The van der Waals surface area contributed by atoms with E-state index in [9.17, 15) is 0 Å². The summed E-state index contributed by atoms with van der Waals surface area (Å²) in [4.78, 5) is 4.29. The zero-order valence-electron chi connectivity index (χ0n) is 11.1. The number of hydrogen-bond acceptors (Lipinski definition) is 5. The van der Waals surface area contributed by atoms with Gasteiger partial charge in [0.2, 0.25) is 0 Å². The van der Waals surface area contributed by atoms with Crippen molar-refractivity contribution < 1.29 is 14.2 Å². The number of aromatic nitrogens is 1. The Morgan fingerprint density at radius 3 is 2.05 bits per heavy atom. The van der Waals surface area contributed by atoms with E-state index in [1.54, 1.807) is 39.5 Å². The average molecular weight is 260 g/mol. The lowest BCUT2D eigenvalue weighted by atomic mass is 10.1. The lowest BCUT2D eigenvalue weighted by Gasteiger charge is -2.14. The Morgan fingerprint density at radius 2 is 1.58 bits per heavy atom. The number of nitrogens with zero attached hydrogens (tertiary/aromatic N) is 1. The molecule has 1 aromatic carbocycles. The van der Waals surface area contributed by atoms with Gasteiger partial charge >= 0.3 is 0 Å². The van der Waals surface area contributed by atoms with E-state index >= 15 is 0 Å². The lowest BCUT2D eigenvalue weighted by Crippen LogP contribution is -1.98. The van der Waals surface area contributed by atoms with E-state index in [-0.39, 0.29) is 0 Å². The fourth-order valence-corrected chi connectivity index (χ4v) is 1.85. The molecule has 19 heavy (non-hydrogen) atoms. The highest BCUT2D eigenvalue weighted by Gasteiger charge is 2.16. The van der Waals surface area contributed by atoms with Crippen molar-refractivity contribution in [3.05, 3.63) is 30.3 Å². The van der Waals surface area contributed by atoms with Crippen molar-refractivity contribution in [3.8, 4) is 28.5 Å². The number of nitrogens with two attached hydrogens (primary N) is 1. The van der Waals surface area contributed by atoms with Crippen molar-refractivity contribution in [2.24, 2.45) is 0 Å². The zero-order chi connectivity index (χ0) is 13.8. The summed E-state index contributed by atoms with van der Waals surface area (Å²) in [6.07, 6.45) is 0. The van der Waals surface area contributed by atoms with Gasteiger partial charge in [0.05, 0.1) is 32.6 Å². The monoisotopic (exact) mass is 260 g/mol. The summed E-state index contributed by atoms with van der Waals surface area (Å²) in [5.74, 6) is 2.34. The Labute approximate surface area is 111 Å². The zero-order valence-corrected chi connectivity index (χ0v) is 11.1. The van der Waals surface area contributed by atoms with E-state index < -0.39 is 0 Å². The van der Waals surface area contributed by atoms with Crippen LogP contribution in [0, 0.1) is 0 Å². The number of methoxy groups -OCH3 is 3. The van der Waals surface area contributed by atoms with Gasteiger partial charge in [0.1, 0.15) is 23.1 Å². The Balaban J connectivity index is 2.66. The number of nitrogen functional groups attached to an aromatic ring is 1. The first kappa shape index (κ1) is 13.0. The number of anilines is 1. The van der Waals surface area contributed by atoms with Crippen LogP contribution in [0.2, 0.25) is 0 Å². The van der Waals surface area contributed by atoms with Gasteiger partial charge in [-0.25, -0.2) is 4.98 Å². The summed E-state index contributed by atoms with van der Waals surface area (Å²) >= 11 is 0. The molecule has 0 saturated carbocycles. The van der Waals surface area contributed by atoms with Crippen molar-refractivity contribution in [2.75, 3.05) is 27.1 Å². The summed E-state index contributed by atoms with van der Waals surface area (Å²) in [5, 5.41) is 0. The Kier molecular flexibility index (Phi) is 3.75. The molecule has 0 aliphatic heterocycles. The molecular formula is C14H16N2O3. The topological polar surface area (TPSA) is 66.6 Å². The third kappa shape index (κ3) is 2.54. The van der Waals surface area contributed by atoms with Crippen LogP contribution in [0.3, 0.4) is 0 Å². The predicted octanol–water partition coefficient (Wildman–Crippen LogP) is 2.36. The highest BCUT2D eigenvalue weighted by Crippen LogP contribution is 2.40. The summed E-state index contributed by atoms with van der Waals surface area (Å²) in [5.41, 5.74) is 7.16. The van der Waals surface area contributed by atoms with Crippen LogP contribution < -0.4 is 19.9 Å². The van der Waals surface area contributed by atoms with Crippen LogP contribution in [0.25, 0.3) is 11.3 Å². The lowest BCUT2D eigenvalue weighted by molar-refractivity contribution is 0.377. The minimum absolute atomic E-state index is 0.442. The number of rotatable bonds is 4. The van der Waals surface area contributed by atoms with Crippen LogP contribution >= 0.6 is 0 Å². The molecule has 0 fully saturated rings. The van der Waals surface area contributed by atoms with Gasteiger partial charge in [0.25, 0.3) is 0 Å². The van der Waals surface area contributed by atoms with Gasteiger partial charge in [-0.1, -0.05) is 6.07 Å². The predicted molar refractivity (Wildman–Crippen MR) is 73.7 cm³/mol. The molecule has 2 rings (SSSR count). The maximum atomic E-state index is 5.72. The van der Waals surface area contributed by atoms with E-state index in [0.717, 1.165) is 5.56 Å². The molecule has 0 aliphatic carbocycles. The second-order valence-corrected chi connectivity index (χ2v) is 3.85. The van der Waals surface area contributed by atoms with Crippen LogP contribution in [0.4, 0.5) is 5.82 Å². The SMILES string of the molecule is COc1cc(OC)c(-c2cccc(N)n2)c(OC)c1. The first-order chi connectivity index (χ1) is 9.19. The first-order valence-corrected chi connectivity index (χ1v) is 5.72. The number of ether oxygens (including phenoxy) is 3. The Morgan fingerprint density at radius 1 is 0.947 bits per heavy atom. The van der Waals surface area contributed by atoms with Gasteiger partial charge in [-0.3, -0.25) is 0 Å². The number of hydrogen-bond donors (Lipinski definition) is 1. The van der Waals surface area contributed by atoms with Gasteiger partial charge in [-0.15, -0.1) is 0 Å². The fraction of sp³-hybridized carbons (Fsp3) is 0.214. The van der Waals surface area contributed by atoms with E-state index in [2.05, 4.69) is 4.98 Å². The highest BCUT2D eigenvalue weighted by atomic mass is 16.5. The van der Waals surface area contributed by atoms with Crippen molar-refractivity contribution in [2.45, 2.75) is 0 Å². The van der Waals surface area contributed by atoms with Gasteiger partial charge < -0.3 is 19.9 Å². The second-order valence-electron chi connectivity index (χ2n) is 3.85. The fourth-order valence-electron chi connectivity index (χ4n) is 1.85. The molecule has 0 saturated heterocycles. The van der Waals surface area contributed by atoms with E-state index in [0.29, 0.717) is 28.8 Å². The van der Waals surface area contributed by atoms with E-state index in [1.807, 2.05) is 12.1 Å². The minimum atomic E-state index is 0.442. The maximum absolute atomic E-state index is 5.72. The van der Waals surface area contributed by atoms with Gasteiger partial charge in [0.15, 0.2) is 0 Å². The van der Waals surface area contributed by atoms with E-state index in [1.165, 1.54) is 0 Å². The molecule has 0 radical (unpaired) electrons. The van der Waals surface area contributed by atoms with Crippen LogP contribution in [-0.4, -0.2) is 26.3 Å². The van der Waals surface area contributed by atoms with Gasteiger partial charge in [-0.05, 0) is 12.1 Å². The number of pyridine rings is 1. The van der Waals surface area contributed by atoms with Crippen LogP contribution in [0.15, 0.2) is 30.3 Å². The molecule has 2 N–H and O–H groups in total. The molecule has 2 aromatic rings. The molecule has 100 valence electrons. The van der Waals surface area contributed by atoms with Crippen LogP contribution in [0.1, 0.15) is 0 Å². The van der Waals surface area contributed by atoms with Crippen molar-refractivity contribution in [1.82, 2.24) is 4.98 Å². The normalized spacial score (nSPS) is 10.1. The third-order valence-electron chi connectivity index (χ3n) is 2.74. The quantitative estimate of drug-likeness (QED) is 0.914. The number of benzene rings is 1. The standard InChI is InChI=1S/C14H16N2O3/c1-17-9-7-11(18-2)14(12(8-9)19-3)10-5-4-6-13(15)16-10/h4-8H,1-3H3,(H2,15,16). The van der Waals surface area contributed by atoms with Crippen molar-refractivity contribution >= 4 is 5.82 Å². The molecule has 0 amide bonds. The average Bonchev–Trinajstić information content (AvgIpc) is 2.45. The maximum Gasteiger partial charge on any atom is 0.135 e. The Bertz CT molecular complexity index is 560. The minimum Gasteiger partial charge on any atom is -0.496 e. The molecule has 5 heteroatoms. The van der Waals surface area contributed by atoms with Crippen molar-refractivity contribution in [1.29, 1.82) is 0 Å². The molecule has 0 atom stereocenters. The molecule has 0 aliphatic rings. The second kappa shape index (κ2) is 5.48. The van der Waals surface area contributed by atoms with Gasteiger partial charge in [-0.2, -0.15) is 0 Å². The summed E-state index contributed by atoms with van der Waals surface area (Å²) in [6.45, 7) is 0. The summed E-state index contributed by atoms with van der Waals surface area (Å²) in [7, 11) is 4.76. The summed E-state index contributed by atoms with van der Waals surface area (Å²) < 4.78 is 16.0. The molecule has 1 heterocycles. The molecule has 0 unspecified atom stereocenters. The first-order valence-electron chi connectivity index (χ1n) is 5.72. The highest BCUT2D eigenvalue weighted by molar-refractivity contribution is 5.76. The largest absolute Gasteiger partial charge is 0.496 e. The summed E-state index contributed by atoms with van der Waals surface area (Å²) in [6, 6.07) is 8.97. The molecule has 0 bridgehead atoms. The van der Waals surface area contributed by atoms with E-state index in [4.69, 9.17) is 19.9 Å². The molecule has 5 nitrogen and oxygen atoms in total. The van der Waals surface area contributed by atoms with Crippen LogP contribution in [-0.2, 0) is 0 Å².